The number of alkyl carbamates (subject to hydrolysis) is 1. The fourth-order valence-corrected chi connectivity index (χ4v) is 3.56. The summed E-state index contributed by atoms with van der Waals surface area (Å²) in [5.74, 6) is -0.565. The fourth-order valence-electron chi connectivity index (χ4n) is 3.56. The van der Waals surface area contributed by atoms with Crippen LogP contribution >= 0.6 is 0 Å². The van der Waals surface area contributed by atoms with Crippen LogP contribution < -0.4 is 10.6 Å². The summed E-state index contributed by atoms with van der Waals surface area (Å²) in [6.07, 6.45) is -0.375. The number of ether oxygens (including phenoxy) is 2. The molecular weight excluding hydrogens is 434 g/mol. The van der Waals surface area contributed by atoms with E-state index in [4.69, 9.17) is 9.47 Å². The zero-order chi connectivity index (χ0) is 24.6. The Hall–Kier alpha value is -3.39. The number of carbonyl (C=O) groups is 3. The second-order valence-corrected chi connectivity index (χ2v) is 9.24. The maximum absolute atomic E-state index is 13.2. The topological polar surface area (TPSA) is 97.0 Å². The number of rotatable bonds is 7. The van der Waals surface area contributed by atoms with Crippen molar-refractivity contribution >= 4 is 18.0 Å². The third-order valence-corrected chi connectivity index (χ3v) is 5.26. The number of nitrogens with zero attached hydrogens (tertiary/aromatic N) is 1. The number of amides is 2. The first-order chi connectivity index (χ1) is 16.2. The molecule has 1 saturated heterocycles. The van der Waals surface area contributed by atoms with E-state index < -0.39 is 23.7 Å². The van der Waals surface area contributed by atoms with Gasteiger partial charge in [-0.25, -0.2) is 9.59 Å². The van der Waals surface area contributed by atoms with E-state index in [-0.39, 0.29) is 18.9 Å². The van der Waals surface area contributed by atoms with Crippen molar-refractivity contribution in [3.8, 4) is 0 Å². The van der Waals surface area contributed by atoms with Gasteiger partial charge < -0.3 is 25.0 Å². The van der Waals surface area contributed by atoms with Gasteiger partial charge in [-0.3, -0.25) is 4.79 Å². The zero-order valence-corrected chi connectivity index (χ0v) is 20.0. The van der Waals surface area contributed by atoms with Gasteiger partial charge in [0.2, 0.25) is 5.91 Å². The molecule has 182 valence electrons. The smallest absolute Gasteiger partial charge is 0.408 e. The standard InChI is InChI=1S/C26H33N3O5/c1-26(2,3)34-24(31)21-11-9-19(10-12-21)17-22(23(30)29-15-13-27-14-16-29)28-25(32)33-18-20-7-5-4-6-8-20/h4-12,22,27H,13-18H2,1-3H3,(H,28,32)/t22-/m0/s1. The number of esters is 1. The summed E-state index contributed by atoms with van der Waals surface area (Å²) < 4.78 is 10.7. The molecule has 2 amide bonds. The van der Waals surface area contributed by atoms with Gasteiger partial charge in [0.25, 0.3) is 0 Å². The molecular formula is C26H33N3O5. The van der Waals surface area contributed by atoms with Gasteiger partial charge >= 0.3 is 12.1 Å². The molecule has 1 aliphatic rings. The second kappa shape index (κ2) is 11.7. The van der Waals surface area contributed by atoms with Crippen molar-refractivity contribution in [2.75, 3.05) is 26.2 Å². The molecule has 1 atom stereocenters. The van der Waals surface area contributed by atoms with Crippen molar-refractivity contribution in [3.05, 3.63) is 71.3 Å². The monoisotopic (exact) mass is 467 g/mol. The Morgan fingerprint density at radius 2 is 1.62 bits per heavy atom. The largest absolute Gasteiger partial charge is 0.456 e. The van der Waals surface area contributed by atoms with Gasteiger partial charge in [-0.1, -0.05) is 42.5 Å². The third-order valence-electron chi connectivity index (χ3n) is 5.26. The maximum atomic E-state index is 13.2. The Kier molecular flexibility index (Phi) is 8.65. The van der Waals surface area contributed by atoms with E-state index >= 15 is 0 Å². The Morgan fingerprint density at radius 3 is 2.24 bits per heavy atom. The first-order valence-corrected chi connectivity index (χ1v) is 11.5. The quantitative estimate of drug-likeness (QED) is 0.608. The normalized spacial score (nSPS) is 14.7. The third kappa shape index (κ3) is 7.88. The Bertz CT molecular complexity index is 964. The highest BCUT2D eigenvalue weighted by Crippen LogP contribution is 2.14. The Balaban J connectivity index is 1.67. The number of piperazine rings is 1. The first kappa shape index (κ1) is 25.2. The fraction of sp³-hybridized carbons (Fsp3) is 0.423. The van der Waals surface area contributed by atoms with Crippen LogP contribution in [0.2, 0.25) is 0 Å². The van der Waals surface area contributed by atoms with Crippen molar-refractivity contribution in [3.63, 3.8) is 0 Å². The van der Waals surface area contributed by atoms with Gasteiger partial charge in [0.15, 0.2) is 0 Å². The van der Waals surface area contributed by atoms with Crippen LogP contribution in [0.3, 0.4) is 0 Å². The number of carbonyl (C=O) groups excluding carboxylic acids is 3. The predicted octanol–water partition coefficient (Wildman–Crippen LogP) is 2.91. The molecule has 0 spiro atoms. The molecule has 0 saturated carbocycles. The summed E-state index contributed by atoms with van der Waals surface area (Å²) in [6.45, 7) is 8.13. The van der Waals surface area contributed by atoms with Gasteiger partial charge in [0.05, 0.1) is 5.56 Å². The molecule has 0 aliphatic carbocycles. The lowest BCUT2D eigenvalue weighted by Gasteiger charge is -2.31. The molecule has 1 heterocycles. The van der Waals surface area contributed by atoms with E-state index in [1.54, 1.807) is 29.2 Å². The van der Waals surface area contributed by atoms with E-state index in [1.165, 1.54) is 0 Å². The molecule has 2 aromatic rings. The van der Waals surface area contributed by atoms with E-state index in [9.17, 15) is 14.4 Å². The minimum atomic E-state index is -0.784. The maximum Gasteiger partial charge on any atom is 0.408 e. The number of hydrogen-bond acceptors (Lipinski definition) is 6. The van der Waals surface area contributed by atoms with Gasteiger partial charge in [-0.15, -0.1) is 0 Å². The second-order valence-electron chi connectivity index (χ2n) is 9.24. The highest BCUT2D eigenvalue weighted by Gasteiger charge is 2.28. The molecule has 0 unspecified atom stereocenters. The summed E-state index contributed by atoms with van der Waals surface area (Å²) >= 11 is 0. The average molecular weight is 468 g/mol. The lowest BCUT2D eigenvalue weighted by atomic mass is 10.0. The Labute approximate surface area is 200 Å². The molecule has 1 aliphatic heterocycles. The summed E-state index contributed by atoms with van der Waals surface area (Å²) in [4.78, 5) is 39.7. The molecule has 2 aromatic carbocycles. The molecule has 1 fully saturated rings. The summed E-state index contributed by atoms with van der Waals surface area (Å²) in [5, 5.41) is 5.96. The SMILES string of the molecule is CC(C)(C)OC(=O)c1ccc(C[C@H](NC(=O)OCc2ccccc2)C(=O)N2CCNCC2)cc1. The van der Waals surface area contributed by atoms with Gasteiger partial charge in [0.1, 0.15) is 18.2 Å². The molecule has 34 heavy (non-hydrogen) atoms. The van der Waals surface area contributed by atoms with Crippen LogP contribution in [0.4, 0.5) is 4.79 Å². The summed E-state index contributed by atoms with van der Waals surface area (Å²) in [7, 11) is 0. The van der Waals surface area contributed by atoms with Gasteiger partial charge in [-0.2, -0.15) is 0 Å². The van der Waals surface area contributed by atoms with E-state index in [1.807, 2.05) is 51.1 Å². The molecule has 0 aromatic heterocycles. The van der Waals surface area contributed by atoms with Gasteiger partial charge in [-0.05, 0) is 44.0 Å². The van der Waals surface area contributed by atoms with E-state index in [0.29, 0.717) is 31.7 Å². The van der Waals surface area contributed by atoms with Crippen LogP contribution in [-0.2, 0) is 27.3 Å². The molecule has 2 N–H and O–H groups in total. The van der Waals surface area contributed by atoms with Crippen LogP contribution in [-0.4, -0.2) is 60.7 Å². The minimum Gasteiger partial charge on any atom is -0.456 e. The predicted molar refractivity (Wildman–Crippen MR) is 128 cm³/mol. The lowest BCUT2D eigenvalue weighted by molar-refractivity contribution is -0.133. The summed E-state index contributed by atoms with van der Waals surface area (Å²) in [6, 6.07) is 15.5. The van der Waals surface area contributed by atoms with E-state index in [0.717, 1.165) is 11.1 Å². The van der Waals surface area contributed by atoms with Crippen molar-refractivity contribution in [2.45, 2.75) is 45.4 Å². The minimum absolute atomic E-state index is 0.117. The van der Waals surface area contributed by atoms with Crippen molar-refractivity contribution in [1.82, 2.24) is 15.5 Å². The van der Waals surface area contributed by atoms with Crippen molar-refractivity contribution < 1.29 is 23.9 Å². The highest BCUT2D eigenvalue weighted by molar-refractivity contribution is 5.90. The van der Waals surface area contributed by atoms with Crippen LogP contribution in [0, 0.1) is 0 Å². The van der Waals surface area contributed by atoms with Crippen LogP contribution in [0.1, 0.15) is 42.3 Å². The molecule has 8 nitrogen and oxygen atoms in total. The lowest BCUT2D eigenvalue weighted by Crippen LogP contribution is -2.54. The first-order valence-electron chi connectivity index (χ1n) is 11.5. The van der Waals surface area contributed by atoms with Crippen LogP contribution in [0.5, 0.6) is 0 Å². The Morgan fingerprint density at radius 1 is 0.971 bits per heavy atom. The number of benzene rings is 2. The number of hydrogen-bond donors (Lipinski definition) is 2. The van der Waals surface area contributed by atoms with Crippen molar-refractivity contribution in [2.24, 2.45) is 0 Å². The average Bonchev–Trinajstić information content (AvgIpc) is 2.82. The number of nitrogens with one attached hydrogen (secondary N) is 2. The highest BCUT2D eigenvalue weighted by atomic mass is 16.6. The van der Waals surface area contributed by atoms with Gasteiger partial charge in [0, 0.05) is 32.6 Å². The molecule has 0 bridgehead atoms. The summed E-state index contributed by atoms with van der Waals surface area (Å²) in [5.41, 5.74) is 1.52. The van der Waals surface area contributed by atoms with E-state index in [2.05, 4.69) is 10.6 Å². The molecule has 0 radical (unpaired) electrons. The molecule has 8 heteroatoms. The van der Waals surface area contributed by atoms with Crippen molar-refractivity contribution in [1.29, 1.82) is 0 Å². The van der Waals surface area contributed by atoms with Crippen LogP contribution in [0.25, 0.3) is 0 Å². The zero-order valence-electron chi connectivity index (χ0n) is 20.0. The molecule has 3 rings (SSSR count). The van der Waals surface area contributed by atoms with Crippen LogP contribution in [0.15, 0.2) is 54.6 Å².